The Morgan fingerprint density at radius 2 is 1.62 bits per heavy atom. The number of benzene rings is 2. The van der Waals surface area contributed by atoms with Gasteiger partial charge in [-0.2, -0.15) is 0 Å². The number of amides is 2. The lowest BCUT2D eigenvalue weighted by Crippen LogP contribution is -2.34. The smallest absolute Gasteiger partial charge is 0.278 e. The first kappa shape index (κ1) is 25.1. The van der Waals surface area contributed by atoms with E-state index in [4.69, 9.17) is 4.74 Å². The Morgan fingerprint density at radius 3 is 2.21 bits per heavy atom. The number of nitrogens with one attached hydrogen (secondary N) is 1. The van der Waals surface area contributed by atoms with Crippen LogP contribution in [-0.2, 0) is 14.3 Å². The van der Waals surface area contributed by atoms with Crippen LogP contribution in [0.5, 0.6) is 0 Å². The summed E-state index contributed by atoms with van der Waals surface area (Å²) >= 11 is 0. The summed E-state index contributed by atoms with van der Waals surface area (Å²) in [7, 11) is 0. The van der Waals surface area contributed by atoms with Crippen molar-refractivity contribution in [3.05, 3.63) is 75.5 Å². The summed E-state index contributed by atoms with van der Waals surface area (Å²) in [5.74, 6) is -0.470. The number of nitro benzene ring substituents is 1. The molecule has 8 heteroatoms. The van der Waals surface area contributed by atoms with Gasteiger partial charge in [-0.25, -0.2) is 0 Å². The molecule has 0 fully saturated rings. The molecule has 0 bridgehead atoms. The van der Waals surface area contributed by atoms with E-state index < -0.39 is 16.7 Å². The molecule has 1 aliphatic rings. The van der Waals surface area contributed by atoms with Gasteiger partial charge in [0.05, 0.1) is 10.5 Å². The van der Waals surface area contributed by atoms with Gasteiger partial charge in [-0.15, -0.1) is 0 Å². The molecule has 0 aromatic heterocycles. The Bertz CT molecular complexity index is 1060. The Labute approximate surface area is 199 Å². The zero-order valence-electron chi connectivity index (χ0n) is 19.9. The third-order valence-corrected chi connectivity index (χ3v) is 5.69. The summed E-state index contributed by atoms with van der Waals surface area (Å²) in [6.45, 7) is 7.63. The molecule has 0 saturated carbocycles. The molecule has 0 spiro atoms. The molecule has 1 heterocycles. The third-order valence-electron chi connectivity index (χ3n) is 5.69. The van der Waals surface area contributed by atoms with Crippen LogP contribution in [0.2, 0.25) is 0 Å². The van der Waals surface area contributed by atoms with Crippen molar-refractivity contribution in [1.29, 1.82) is 0 Å². The van der Waals surface area contributed by atoms with Crippen molar-refractivity contribution in [2.45, 2.75) is 46.0 Å². The monoisotopic (exact) mass is 465 g/mol. The fourth-order valence-corrected chi connectivity index (χ4v) is 3.68. The molecule has 34 heavy (non-hydrogen) atoms. The van der Waals surface area contributed by atoms with E-state index in [1.165, 1.54) is 29.2 Å². The standard InChI is InChI=1S/C26H31N3O5/c1-4-5-16-34-17-6-15-28-25(30)23(20-9-13-22(14-10-20)29(32)33)24(26(28)31)27-21-11-7-19(8-12-21)18(2)3/h7-14,18,27H,4-6,15-17H2,1-3H3. The van der Waals surface area contributed by atoms with E-state index in [1.807, 2.05) is 24.3 Å². The van der Waals surface area contributed by atoms with Gasteiger partial charge in [-0.05, 0) is 54.2 Å². The van der Waals surface area contributed by atoms with Crippen molar-refractivity contribution in [1.82, 2.24) is 4.90 Å². The number of imide groups is 1. The van der Waals surface area contributed by atoms with Gasteiger partial charge in [0.2, 0.25) is 0 Å². The summed E-state index contributed by atoms with van der Waals surface area (Å²) in [5, 5.41) is 14.2. The van der Waals surface area contributed by atoms with E-state index in [0.717, 1.165) is 18.4 Å². The van der Waals surface area contributed by atoms with Crippen LogP contribution in [0.25, 0.3) is 5.57 Å². The number of ether oxygens (including phenoxy) is 1. The number of carbonyl (C=O) groups excluding carboxylic acids is 2. The van der Waals surface area contributed by atoms with Crippen LogP contribution in [0.1, 0.15) is 57.1 Å². The number of unbranched alkanes of at least 4 members (excludes halogenated alkanes) is 1. The average Bonchev–Trinajstić information content (AvgIpc) is 3.05. The molecule has 8 nitrogen and oxygen atoms in total. The molecule has 1 aliphatic heterocycles. The first-order valence-corrected chi connectivity index (χ1v) is 11.6. The number of rotatable bonds is 12. The van der Waals surface area contributed by atoms with E-state index in [-0.39, 0.29) is 23.5 Å². The van der Waals surface area contributed by atoms with E-state index >= 15 is 0 Å². The molecule has 2 aromatic rings. The lowest BCUT2D eigenvalue weighted by molar-refractivity contribution is -0.384. The second-order valence-electron chi connectivity index (χ2n) is 8.54. The van der Waals surface area contributed by atoms with Crippen LogP contribution in [-0.4, -0.2) is 41.4 Å². The summed E-state index contributed by atoms with van der Waals surface area (Å²) in [6, 6.07) is 13.4. The van der Waals surface area contributed by atoms with Gasteiger partial charge in [0.1, 0.15) is 5.70 Å². The van der Waals surface area contributed by atoms with Crippen molar-refractivity contribution in [3.8, 4) is 0 Å². The van der Waals surface area contributed by atoms with E-state index in [0.29, 0.717) is 36.8 Å². The van der Waals surface area contributed by atoms with Gasteiger partial charge in [0.15, 0.2) is 0 Å². The average molecular weight is 466 g/mol. The number of carbonyl (C=O) groups is 2. The SMILES string of the molecule is CCCCOCCCN1C(=O)C(Nc2ccc(C(C)C)cc2)=C(c2ccc([N+](=O)[O-])cc2)C1=O. The fraction of sp³-hybridized carbons (Fsp3) is 0.385. The van der Waals surface area contributed by atoms with Crippen molar-refractivity contribution in [2.75, 3.05) is 25.1 Å². The number of nitrogens with zero attached hydrogens (tertiary/aromatic N) is 2. The molecule has 2 amide bonds. The molecule has 1 N–H and O–H groups in total. The largest absolute Gasteiger partial charge is 0.381 e. The topological polar surface area (TPSA) is 102 Å². The van der Waals surface area contributed by atoms with Crippen molar-refractivity contribution < 1.29 is 19.2 Å². The lowest BCUT2D eigenvalue weighted by Gasteiger charge is -2.15. The predicted octanol–water partition coefficient (Wildman–Crippen LogP) is 5.12. The molecule has 3 rings (SSSR count). The van der Waals surface area contributed by atoms with Crippen LogP contribution in [0.3, 0.4) is 0 Å². The first-order chi connectivity index (χ1) is 16.3. The molecule has 0 aliphatic carbocycles. The number of anilines is 1. The Balaban J connectivity index is 1.85. The van der Waals surface area contributed by atoms with E-state index in [2.05, 4.69) is 26.1 Å². The molecule has 0 radical (unpaired) electrons. The van der Waals surface area contributed by atoms with Gasteiger partial charge in [0, 0.05) is 37.6 Å². The van der Waals surface area contributed by atoms with Crippen LogP contribution < -0.4 is 5.32 Å². The minimum absolute atomic E-state index is 0.0824. The number of non-ortho nitro benzene ring substituents is 1. The van der Waals surface area contributed by atoms with Gasteiger partial charge >= 0.3 is 0 Å². The van der Waals surface area contributed by atoms with Crippen molar-refractivity contribution in [2.24, 2.45) is 0 Å². The maximum Gasteiger partial charge on any atom is 0.278 e. The zero-order chi connectivity index (χ0) is 24.7. The Kier molecular flexibility index (Phi) is 8.54. The number of nitro groups is 1. The van der Waals surface area contributed by atoms with Gasteiger partial charge < -0.3 is 10.1 Å². The van der Waals surface area contributed by atoms with Crippen LogP contribution >= 0.6 is 0 Å². The van der Waals surface area contributed by atoms with Crippen molar-refractivity contribution in [3.63, 3.8) is 0 Å². The number of hydrogen-bond donors (Lipinski definition) is 1. The second kappa shape index (κ2) is 11.6. The van der Waals surface area contributed by atoms with Gasteiger partial charge in [-0.1, -0.05) is 39.3 Å². The Hall–Kier alpha value is -3.52. The zero-order valence-corrected chi connectivity index (χ0v) is 19.9. The van der Waals surface area contributed by atoms with E-state index in [1.54, 1.807) is 0 Å². The minimum atomic E-state index is -0.500. The third kappa shape index (κ3) is 5.88. The molecular weight excluding hydrogens is 434 g/mol. The lowest BCUT2D eigenvalue weighted by atomic mass is 10.0. The molecular formula is C26H31N3O5. The summed E-state index contributed by atoms with van der Waals surface area (Å²) in [4.78, 5) is 38.3. The highest BCUT2D eigenvalue weighted by Gasteiger charge is 2.39. The molecule has 0 atom stereocenters. The van der Waals surface area contributed by atoms with Crippen LogP contribution in [0, 0.1) is 10.1 Å². The highest BCUT2D eigenvalue weighted by atomic mass is 16.6. The summed E-state index contributed by atoms with van der Waals surface area (Å²) < 4.78 is 5.56. The maximum atomic E-state index is 13.3. The Morgan fingerprint density at radius 1 is 0.971 bits per heavy atom. The molecule has 0 unspecified atom stereocenters. The predicted molar refractivity (Wildman–Crippen MR) is 131 cm³/mol. The first-order valence-electron chi connectivity index (χ1n) is 11.6. The summed E-state index contributed by atoms with van der Waals surface area (Å²) in [6.07, 6.45) is 2.54. The van der Waals surface area contributed by atoms with Crippen LogP contribution in [0.15, 0.2) is 54.2 Å². The molecule has 180 valence electrons. The normalized spacial score (nSPS) is 13.8. The number of hydrogen-bond acceptors (Lipinski definition) is 6. The van der Waals surface area contributed by atoms with Crippen LogP contribution in [0.4, 0.5) is 11.4 Å². The van der Waals surface area contributed by atoms with Gasteiger partial charge in [0.25, 0.3) is 17.5 Å². The maximum absolute atomic E-state index is 13.3. The highest BCUT2D eigenvalue weighted by Crippen LogP contribution is 2.32. The van der Waals surface area contributed by atoms with E-state index in [9.17, 15) is 19.7 Å². The summed E-state index contributed by atoms with van der Waals surface area (Å²) in [5.41, 5.74) is 2.59. The second-order valence-corrected chi connectivity index (χ2v) is 8.54. The highest BCUT2D eigenvalue weighted by molar-refractivity contribution is 6.36. The quantitative estimate of drug-likeness (QED) is 0.202. The fourth-order valence-electron chi connectivity index (χ4n) is 3.68. The molecule has 2 aromatic carbocycles. The van der Waals surface area contributed by atoms with Gasteiger partial charge in [-0.3, -0.25) is 24.6 Å². The molecule has 0 saturated heterocycles. The minimum Gasteiger partial charge on any atom is -0.381 e. The van der Waals surface area contributed by atoms with Crippen molar-refractivity contribution >= 4 is 28.8 Å².